The van der Waals surface area contributed by atoms with E-state index in [1.165, 1.54) is 5.56 Å². The lowest BCUT2D eigenvalue weighted by molar-refractivity contribution is 0.305. The summed E-state index contributed by atoms with van der Waals surface area (Å²) in [6.45, 7) is 3.72. The minimum atomic E-state index is 0.271. The molecule has 0 amide bonds. The molecule has 2 N–H and O–H groups in total. The normalized spacial score (nSPS) is 12.1. The van der Waals surface area contributed by atoms with Crippen molar-refractivity contribution in [1.29, 1.82) is 0 Å². The molecule has 0 saturated carbocycles. The second-order valence-corrected chi connectivity index (χ2v) is 4.78. The Bertz CT molecular complexity index is 496. The van der Waals surface area contributed by atoms with Crippen molar-refractivity contribution in [2.45, 2.75) is 19.4 Å². The highest BCUT2D eigenvalue weighted by Crippen LogP contribution is 2.16. The number of nitrogens with one attached hydrogen (secondary N) is 1. The molecule has 0 heterocycles. The van der Waals surface area contributed by atoms with Crippen LogP contribution in [0.4, 0.5) is 0 Å². The van der Waals surface area contributed by atoms with Gasteiger partial charge in [0.05, 0.1) is 6.61 Å². The van der Waals surface area contributed by atoms with E-state index in [1.807, 2.05) is 42.5 Å². The molecule has 3 heteroatoms. The molecule has 0 fully saturated rings. The quantitative estimate of drug-likeness (QED) is 0.757. The van der Waals surface area contributed by atoms with Crippen LogP contribution in [-0.4, -0.2) is 18.3 Å². The predicted octanol–water partition coefficient (Wildman–Crippen LogP) is 3.51. The van der Waals surface area contributed by atoms with Crippen molar-refractivity contribution in [3.63, 3.8) is 0 Å². The lowest BCUT2D eigenvalue weighted by Gasteiger charge is -2.14. The highest BCUT2D eigenvalue weighted by molar-refractivity contribution is 5.27. The van der Waals surface area contributed by atoms with Crippen LogP contribution in [-0.2, 0) is 0 Å². The number of hydrogen-bond donors (Lipinski definition) is 2. The molecule has 1 atom stereocenters. The van der Waals surface area contributed by atoms with E-state index in [9.17, 15) is 5.11 Å². The second kappa shape index (κ2) is 7.56. The molecule has 3 nitrogen and oxygen atoms in total. The van der Waals surface area contributed by atoms with Gasteiger partial charge in [0.15, 0.2) is 0 Å². The van der Waals surface area contributed by atoms with E-state index in [0.29, 0.717) is 12.4 Å². The number of ether oxygens (including phenoxy) is 1. The fraction of sp³-hybridized carbons (Fsp3) is 0.294. The summed E-state index contributed by atoms with van der Waals surface area (Å²) in [6, 6.07) is 17.4. The molecule has 2 aromatic carbocycles. The molecule has 20 heavy (non-hydrogen) atoms. The summed E-state index contributed by atoms with van der Waals surface area (Å²) in [6.07, 6.45) is 0.956. The predicted molar refractivity (Wildman–Crippen MR) is 81.1 cm³/mol. The summed E-state index contributed by atoms with van der Waals surface area (Å²) < 4.78 is 5.64. The maximum Gasteiger partial charge on any atom is 0.119 e. The number of rotatable bonds is 7. The molecule has 0 radical (unpaired) electrons. The maximum absolute atomic E-state index is 9.26. The average Bonchev–Trinajstić information content (AvgIpc) is 2.48. The van der Waals surface area contributed by atoms with Gasteiger partial charge in [0.2, 0.25) is 0 Å². The van der Waals surface area contributed by atoms with E-state index in [4.69, 9.17) is 4.74 Å². The lowest BCUT2D eigenvalue weighted by atomic mass is 10.1. The average molecular weight is 271 g/mol. The van der Waals surface area contributed by atoms with Gasteiger partial charge in [-0.15, -0.1) is 0 Å². The van der Waals surface area contributed by atoms with E-state index in [0.717, 1.165) is 18.7 Å². The van der Waals surface area contributed by atoms with Crippen molar-refractivity contribution in [2.75, 3.05) is 13.2 Å². The first-order valence-corrected chi connectivity index (χ1v) is 6.96. The van der Waals surface area contributed by atoms with E-state index in [1.54, 1.807) is 12.1 Å². The summed E-state index contributed by atoms with van der Waals surface area (Å²) >= 11 is 0. The van der Waals surface area contributed by atoms with Gasteiger partial charge in [0, 0.05) is 6.04 Å². The Morgan fingerprint density at radius 3 is 2.45 bits per heavy atom. The highest BCUT2D eigenvalue weighted by atomic mass is 16.5. The number of phenolic OH excluding ortho intramolecular Hbond substituents is 1. The minimum absolute atomic E-state index is 0.271. The van der Waals surface area contributed by atoms with Crippen molar-refractivity contribution in [2.24, 2.45) is 0 Å². The van der Waals surface area contributed by atoms with Crippen molar-refractivity contribution in [3.8, 4) is 11.5 Å². The van der Waals surface area contributed by atoms with E-state index >= 15 is 0 Å². The van der Waals surface area contributed by atoms with E-state index in [-0.39, 0.29) is 6.04 Å². The molecule has 0 bridgehead atoms. The zero-order chi connectivity index (χ0) is 14.2. The second-order valence-electron chi connectivity index (χ2n) is 4.78. The number of hydrogen-bond acceptors (Lipinski definition) is 3. The standard InChI is InChI=1S/C17H21NO2/c1-14(15-8-10-16(19)11-9-15)18-12-5-13-20-17-6-3-2-4-7-17/h2-4,6-11,14,18-19H,5,12-13H2,1H3. The van der Waals surface area contributed by atoms with Crippen molar-refractivity contribution in [3.05, 3.63) is 60.2 Å². The van der Waals surface area contributed by atoms with E-state index in [2.05, 4.69) is 12.2 Å². The van der Waals surface area contributed by atoms with Crippen molar-refractivity contribution >= 4 is 0 Å². The summed E-state index contributed by atoms with van der Waals surface area (Å²) in [5.41, 5.74) is 1.17. The molecule has 106 valence electrons. The zero-order valence-electron chi connectivity index (χ0n) is 11.8. The molecule has 0 saturated heterocycles. The zero-order valence-corrected chi connectivity index (χ0v) is 11.8. The molecular formula is C17H21NO2. The van der Waals surface area contributed by atoms with Gasteiger partial charge in [-0.25, -0.2) is 0 Å². The number of phenols is 1. The molecule has 2 aromatic rings. The summed E-state index contributed by atoms with van der Waals surface area (Å²) in [5.74, 6) is 1.22. The highest BCUT2D eigenvalue weighted by Gasteiger charge is 2.03. The van der Waals surface area contributed by atoms with Crippen LogP contribution in [0.1, 0.15) is 24.9 Å². The molecule has 2 rings (SSSR count). The van der Waals surface area contributed by atoms with Gasteiger partial charge in [-0.05, 0) is 49.7 Å². The molecule has 0 aromatic heterocycles. The Kier molecular flexibility index (Phi) is 5.44. The van der Waals surface area contributed by atoms with Crippen LogP contribution in [0.5, 0.6) is 11.5 Å². The number of benzene rings is 2. The third-order valence-electron chi connectivity index (χ3n) is 3.18. The first-order valence-electron chi connectivity index (χ1n) is 6.96. The first kappa shape index (κ1) is 14.4. The topological polar surface area (TPSA) is 41.5 Å². The van der Waals surface area contributed by atoms with Crippen molar-refractivity contribution in [1.82, 2.24) is 5.32 Å². The fourth-order valence-corrected chi connectivity index (χ4v) is 1.98. The maximum atomic E-state index is 9.26. The van der Waals surface area contributed by atoms with Crippen LogP contribution >= 0.6 is 0 Å². The van der Waals surface area contributed by atoms with Gasteiger partial charge in [0.1, 0.15) is 11.5 Å². The first-order chi connectivity index (χ1) is 9.75. The van der Waals surface area contributed by atoms with Crippen LogP contribution in [0.3, 0.4) is 0 Å². The molecule has 0 aliphatic heterocycles. The third kappa shape index (κ3) is 4.59. The van der Waals surface area contributed by atoms with Gasteiger partial charge in [-0.3, -0.25) is 0 Å². The van der Waals surface area contributed by atoms with Gasteiger partial charge >= 0.3 is 0 Å². The number of aromatic hydroxyl groups is 1. The van der Waals surface area contributed by atoms with Crippen LogP contribution in [0.25, 0.3) is 0 Å². The van der Waals surface area contributed by atoms with Crippen LogP contribution in [0.2, 0.25) is 0 Å². The van der Waals surface area contributed by atoms with Crippen molar-refractivity contribution < 1.29 is 9.84 Å². The summed E-state index contributed by atoms with van der Waals surface area (Å²) in [4.78, 5) is 0. The smallest absolute Gasteiger partial charge is 0.119 e. The third-order valence-corrected chi connectivity index (χ3v) is 3.18. The van der Waals surface area contributed by atoms with Crippen LogP contribution < -0.4 is 10.1 Å². The monoisotopic (exact) mass is 271 g/mol. The Balaban J connectivity index is 1.64. The van der Waals surface area contributed by atoms with Gasteiger partial charge in [0.25, 0.3) is 0 Å². The molecule has 0 aliphatic rings. The number of para-hydroxylation sites is 1. The lowest BCUT2D eigenvalue weighted by Crippen LogP contribution is -2.21. The molecular weight excluding hydrogens is 250 g/mol. The van der Waals surface area contributed by atoms with Gasteiger partial charge in [-0.2, -0.15) is 0 Å². The van der Waals surface area contributed by atoms with Gasteiger partial charge < -0.3 is 15.2 Å². The summed E-state index contributed by atoms with van der Waals surface area (Å²) in [7, 11) is 0. The Labute approximate surface area is 120 Å². The van der Waals surface area contributed by atoms with Crippen LogP contribution in [0.15, 0.2) is 54.6 Å². The van der Waals surface area contributed by atoms with Crippen LogP contribution in [0, 0.1) is 0 Å². The summed E-state index contributed by atoms with van der Waals surface area (Å²) in [5, 5.41) is 12.7. The molecule has 0 spiro atoms. The Morgan fingerprint density at radius 1 is 1.05 bits per heavy atom. The van der Waals surface area contributed by atoms with Gasteiger partial charge in [-0.1, -0.05) is 30.3 Å². The fourth-order valence-electron chi connectivity index (χ4n) is 1.98. The Morgan fingerprint density at radius 2 is 1.75 bits per heavy atom. The molecule has 0 aliphatic carbocycles. The SMILES string of the molecule is CC(NCCCOc1ccccc1)c1ccc(O)cc1. The largest absolute Gasteiger partial charge is 0.508 e. The Hall–Kier alpha value is -2.00. The molecule has 1 unspecified atom stereocenters. The minimum Gasteiger partial charge on any atom is -0.508 e. The van der Waals surface area contributed by atoms with E-state index < -0.39 is 0 Å².